The van der Waals surface area contributed by atoms with Gasteiger partial charge in [0.1, 0.15) is 6.04 Å². The molecular weight excluding hydrogens is 430 g/mol. The van der Waals surface area contributed by atoms with E-state index in [1.54, 1.807) is 53.4 Å². The fraction of sp³-hybridized carbons (Fsp3) is 0.333. The lowest BCUT2D eigenvalue weighted by molar-refractivity contribution is -0.140. The third-order valence-electron chi connectivity index (χ3n) is 5.53. The fourth-order valence-electron chi connectivity index (χ4n) is 3.79. The number of rotatable bonds is 7. The van der Waals surface area contributed by atoms with E-state index in [1.807, 2.05) is 13.8 Å². The third kappa shape index (κ3) is 5.16. The zero-order chi connectivity index (χ0) is 23.4. The standard InChI is InChI=1S/C24H26ClN3O4/c1-4-15(2)27(22(30)13-17-5-7-18(25)8-6-17)21-14-23(31)28(24(21)32)20-11-9-19(10-12-20)26-16(3)29/h5-12,15,21H,4,13-14H2,1-3H3,(H,26,29). The quantitative estimate of drug-likeness (QED) is 0.643. The Morgan fingerprint density at radius 1 is 1.12 bits per heavy atom. The minimum absolute atomic E-state index is 0.0665. The number of nitrogens with zero attached hydrogens (tertiary/aromatic N) is 2. The lowest BCUT2D eigenvalue weighted by Gasteiger charge is -2.33. The fourth-order valence-corrected chi connectivity index (χ4v) is 3.92. The second kappa shape index (κ2) is 9.96. The molecule has 8 heteroatoms. The first-order valence-electron chi connectivity index (χ1n) is 10.5. The van der Waals surface area contributed by atoms with Crippen molar-refractivity contribution in [1.82, 2.24) is 4.90 Å². The summed E-state index contributed by atoms with van der Waals surface area (Å²) < 4.78 is 0. The van der Waals surface area contributed by atoms with Crippen molar-refractivity contribution in [3.63, 3.8) is 0 Å². The predicted molar refractivity (Wildman–Crippen MR) is 123 cm³/mol. The summed E-state index contributed by atoms with van der Waals surface area (Å²) in [6.45, 7) is 5.21. The predicted octanol–water partition coefficient (Wildman–Crippen LogP) is 3.80. The van der Waals surface area contributed by atoms with Crippen molar-refractivity contribution < 1.29 is 19.2 Å². The van der Waals surface area contributed by atoms with Crippen molar-refractivity contribution in [2.75, 3.05) is 10.2 Å². The highest BCUT2D eigenvalue weighted by molar-refractivity contribution is 6.30. The zero-order valence-electron chi connectivity index (χ0n) is 18.3. The molecular formula is C24H26ClN3O4. The molecule has 0 radical (unpaired) electrons. The maximum atomic E-state index is 13.3. The molecule has 1 aliphatic heterocycles. The SMILES string of the molecule is CCC(C)N(C(=O)Cc1ccc(Cl)cc1)C1CC(=O)N(c2ccc(NC(C)=O)cc2)C1=O. The van der Waals surface area contributed by atoms with Crippen molar-refractivity contribution in [2.45, 2.75) is 52.1 Å². The number of imide groups is 1. The Labute approximate surface area is 192 Å². The first kappa shape index (κ1) is 23.5. The van der Waals surface area contributed by atoms with Crippen LogP contribution in [0.4, 0.5) is 11.4 Å². The zero-order valence-corrected chi connectivity index (χ0v) is 19.1. The highest BCUT2D eigenvalue weighted by atomic mass is 35.5. The Hall–Kier alpha value is -3.19. The van der Waals surface area contributed by atoms with E-state index in [9.17, 15) is 19.2 Å². The van der Waals surface area contributed by atoms with Gasteiger partial charge in [0.05, 0.1) is 18.5 Å². The molecule has 168 valence electrons. The summed E-state index contributed by atoms with van der Waals surface area (Å²) in [6, 6.07) is 12.4. The van der Waals surface area contributed by atoms with Gasteiger partial charge in [-0.25, -0.2) is 4.90 Å². The lowest BCUT2D eigenvalue weighted by atomic mass is 10.1. The first-order valence-corrected chi connectivity index (χ1v) is 10.9. The molecule has 0 bridgehead atoms. The van der Waals surface area contributed by atoms with Crippen LogP contribution in [0.5, 0.6) is 0 Å². The number of anilines is 2. The topological polar surface area (TPSA) is 86.8 Å². The molecule has 2 aromatic carbocycles. The largest absolute Gasteiger partial charge is 0.327 e. The summed E-state index contributed by atoms with van der Waals surface area (Å²) in [6.07, 6.45) is 0.698. The molecule has 0 aliphatic carbocycles. The van der Waals surface area contributed by atoms with Gasteiger partial charge in [0, 0.05) is 23.7 Å². The van der Waals surface area contributed by atoms with E-state index in [0.717, 1.165) is 10.5 Å². The average Bonchev–Trinajstić information content (AvgIpc) is 3.03. The van der Waals surface area contributed by atoms with Gasteiger partial charge < -0.3 is 10.2 Å². The van der Waals surface area contributed by atoms with Gasteiger partial charge in [-0.15, -0.1) is 0 Å². The van der Waals surface area contributed by atoms with Crippen molar-refractivity contribution in [2.24, 2.45) is 0 Å². The molecule has 4 amide bonds. The van der Waals surface area contributed by atoms with E-state index in [1.165, 1.54) is 6.92 Å². The lowest BCUT2D eigenvalue weighted by Crippen LogP contribution is -2.50. The van der Waals surface area contributed by atoms with E-state index in [2.05, 4.69) is 5.32 Å². The Bertz CT molecular complexity index is 1020. The molecule has 1 fully saturated rings. The van der Waals surface area contributed by atoms with Crippen LogP contribution in [0, 0.1) is 0 Å². The molecule has 3 rings (SSSR count). The summed E-state index contributed by atoms with van der Waals surface area (Å²) in [5.74, 6) is -1.21. The van der Waals surface area contributed by atoms with Crippen LogP contribution in [0.1, 0.15) is 39.2 Å². The van der Waals surface area contributed by atoms with Gasteiger partial charge >= 0.3 is 0 Å². The van der Waals surface area contributed by atoms with Gasteiger partial charge in [0.2, 0.25) is 17.7 Å². The van der Waals surface area contributed by atoms with Crippen LogP contribution in [-0.2, 0) is 25.6 Å². The number of halogens is 1. The summed E-state index contributed by atoms with van der Waals surface area (Å²) >= 11 is 5.93. The Morgan fingerprint density at radius 2 is 1.75 bits per heavy atom. The van der Waals surface area contributed by atoms with Crippen molar-refractivity contribution in [1.29, 1.82) is 0 Å². The Kier molecular flexibility index (Phi) is 7.30. The van der Waals surface area contributed by atoms with Crippen LogP contribution in [0.2, 0.25) is 5.02 Å². The van der Waals surface area contributed by atoms with E-state index >= 15 is 0 Å². The number of amides is 4. The minimum Gasteiger partial charge on any atom is -0.327 e. The van der Waals surface area contributed by atoms with Crippen molar-refractivity contribution in [3.8, 4) is 0 Å². The Balaban J connectivity index is 1.82. The second-order valence-corrected chi connectivity index (χ2v) is 8.31. The number of nitrogens with one attached hydrogen (secondary N) is 1. The summed E-state index contributed by atoms with van der Waals surface area (Å²) in [5.41, 5.74) is 1.76. The highest BCUT2D eigenvalue weighted by Gasteiger charge is 2.45. The maximum Gasteiger partial charge on any atom is 0.257 e. The number of hydrogen-bond donors (Lipinski definition) is 1. The number of carbonyl (C=O) groups excluding carboxylic acids is 4. The van der Waals surface area contributed by atoms with Crippen molar-refractivity contribution >= 4 is 46.6 Å². The van der Waals surface area contributed by atoms with Crippen LogP contribution in [0.3, 0.4) is 0 Å². The third-order valence-corrected chi connectivity index (χ3v) is 5.78. The number of benzene rings is 2. The van der Waals surface area contributed by atoms with E-state index < -0.39 is 11.9 Å². The van der Waals surface area contributed by atoms with Crippen molar-refractivity contribution in [3.05, 3.63) is 59.1 Å². The average molecular weight is 456 g/mol. The van der Waals surface area contributed by atoms with Gasteiger partial charge in [-0.3, -0.25) is 19.2 Å². The molecule has 7 nitrogen and oxygen atoms in total. The molecule has 1 saturated heterocycles. The summed E-state index contributed by atoms with van der Waals surface area (Å²) in [5, 5.41) is 3.23. The molecule has 1 N–H and O–H groups in total. The number of hydrogen-bond acceptors (Lipinski definition) is 4. The van der Waals surface area contributed by atoms with Crippen LogP contribution in [0.25, 0.3) is 0 Å². The second-order valence-electron chi connectivity index (χ2n) is 7.88. The van der Waals surface area contributed by atoms with Crippen LogP contribution >= 0.6 is 11.6 Å². The van der Waals surface area contributed by atoms with Gasteiger partial charge in [0.15, 0.2) is 0 Å². The molecule has 0 aromatic heterocycles. The van der Waals surface area contributed by atoms with Crippen LogP contribution in [0.15, 0.2) is 48.5 Å². The minimum atomic E-state index is -0.854. The van der Waals surface area contributed by atoms with Crippen LogP contribution < -0.4 is 10.2 Å². The molecule has 1 aliphatic rings. The van der Waals surface area contributed by atoms with E-state index in [4.69, 9.17) is 11.6 Å². The molecule has 2 aromatic rings. The molecule has 1 heterocycles. The highest BCUT2D eigenvalue weighted by Crippen LogP contribution is 2.29. The normalized spacial score (nSPS) is 16.8. The summed E-state index contributed by atoms with van der Waals surface area (Å²) in [4.78, 5) is 53.1. The summed E-state index contributed by atoms with van der Waals surface area (Å²) in [7, 11) is 0. The molecule has 2 unspecified atom stereocenters. The number of carbonyl (C=O) groups is 4. The molecule has 2 atom stereocenters. The van der Waals surface area contributed by atoms with E-state index in [0.29, 0.717) is 22.8 Å². The van der Waals surface area contributed by atoms with Gasteiger partial charge in [-0.1, -0.05) is 30.7 Å². The smallest absolute Gasteiger partial charge is 0.257 e. The molecule has 0 spiro atoms. The van der Waals surface area contributed by atoms with Gasteiger partial charge in [-0.2, -0.15) is 0 Å². The first-order chi connectivity index (χ1) is 15.2. The van der Waals surface area contributed by atoms with E-state index in [-0.39, 0.29) is 36.6 Å². The van der Waals surface area contributed by atoms with Gasteiger partial charge in [0.25, 0.3) is 5.91 Å². The van der Waals surface area contributed by atoms with Crippen LogP contribution in [-0.4, -0.2) is 40.6 Å². The Morgan fingerprint density at radius 3 is 2.31 bits per heavy atom. The monoisotopic (exact) mass is 455 g/mol. The molecule has 32 heavy (non-hydrogen) atoms. The maximum absolute atomic E-state index is 13.3. The molecule has 0 saturated carbocycles. The van der Waals surface area contributed by atoms with Gasteiger partial charge in [-0.05, 0) is 55.3 Å².